The Morgan fingerprint density at radius 2 is 2.35 bits per heavy atom. The molecule has 6 heteroatoms. The molecule has 2 aromatic rings. The minimum Gasteiger partial charge on any atom is -0.358 e. The van der Waals surface area contributed by atoms with E-state index in [0.29, 0.717) is 11.3 Å². The summed E-state index contributed by atoms with van der Waals surface area (Å²) in [5.74, 6) is 0.293. The SMILES string of the molecule is CC(CS(C)=O)Nc1nc2cc(F)ccc2s1. The van der Waals surface area contributed by atoms with Crippen LogP contribution in [0, 0.1) is 5.82 Å². The van der Waals surface area contributed by atoms with Crippen molar-refractivity contribution in [2.45, 2.75) is 13.0 Å². The van der Waals surface area contributed by atoms with Crippen molar-refractivity contribution in [3.63, 3.8) is 0 Å². The molecule has 1 N–H and O–H groups in total. The maximum absolute atomic E-state index is 13.0. The van der Waals surface area contributed by atoms with Gasteiger partial charge in [-0.15, -0.1) is 0 Å². The number of nitrogens with zero attached hydrogens (tertiary/aromatic N) is 1. The van der Waals surface area contributed by atoms with E-state index in [9.17, 15) is 8.60 Å². The summed E-state index contributed by atoms with van der Waals surface area (Å²) in [4.78, 5) is 4.29. The average molecular weight is 272 g/mol. The van der Waals surface area contributed by atoms with Crippen LogP contribution in [0.1, 0.15) is 6.92 Å². The molecule has 0 saturated heterocycles. The molecular weight excluding hydrogens is 259 g/mol. The molecule has 3 nitrogen and oxygen atoms in total. The number of anilines is 1. The number of hydrogen-bond acceptors (Lipinski definition) is 4. The van der Waals surface area contributed by atoms with Crippen molar-refractivity contribution in [1.82, 2.24) is 4.98 Å². The summed E-state index contributed by atoms with van der Waals surface area (Å²) in [7, 11) is -0.836. The van der Waals surface area contributed by atoms with Gasteiger partial charge in [0.1, 0.15) is 5.82 Å². The molecule has 1 aromatic heterocycles. The van der Waals surface area contributed by atoms with Crippen molar-refractivity contribution in [2.24, 2.45) is 0 Å². The Labute approximate surface area is 106 Å². The predicted molar refractivity (Wildman–Crippen MR) is 71.6 cm³/mol. The lowest BCUT2D eigenvalue weighted by Gasteiger charge is -2.10. The van der Waals surface area contributed by atoms with Gasteiger partial charge in [-0.1, -0.05) is 11.3 Å². The molecule has 2 rings (SSSR count). The molecule has 17 heavy (non-hydrogen) atoms. The molecule has 92 valence electrons. The van der Waals surface area contributed by atoms with Crippen LogP contribution >= 0.6 is 11.3 Å². The van der Waals surface area contributed by atoms with Crippen LogP contribution < -0.4 is 5.32 Å². The summed E-state index contributed by atoms with van der Waals surface area (Å²) in [6, 6.07) is 4.65. The zero-order chi connectivity index (χ0) is 12.4. The Hall–Kier alpha value is -1.01. The second-order valence-electron chi connectivity index (χ2n) is 3.92. The van der Waals surface area contributed by atoms with E-state index in [1.165, 1.54) is 23.5 Å². The Bertz CT molecular complexity index is 555. The van der Waals surface area contributed by atoms with Gasteiger partial charge >= 0.3 is 0 Å². The first-order valence-electron chi connectivity index (χ1n) is 5.17. The zero-order valence-corrected chi connectivity index (χ0v) is 11.2. The maximum Gasteiger partial charge on any atom is 0.184 e. The molecule has 1 heterocycles. The Morgan fingerprint density at radius 1 is 1.59 bits per heavy atom. The smallest absolute Gasteiger partial charge is 0.184 e. The highest BCUT2D eigenvalue weighted by molar-refractivity contribution is 7.84. The fourth-order valence-corrected chi connectivity index (χ4v) is 3.31. The minimum atomic E-state index is -0.836. The number of rotatable bonds is 4. The lowest BCUT2D eigenvalue weighted by Crippen LogP contribution is -2.21. The number of hydrogen-bond donors (Lipinski definition) is 1. The lowest BCUT2D eigenvalue weighted by atomic mass is 10.3. The van der Waals surface area contributed by atoms with Crippen molar-refractivity contribution in [3.05, 3.63) is 24.0 Å². The largest absolute Gasteiger partial charge is 0.358 e. The molecule has 2 atom stereocenters. The lowest BCUT2D eigenvalue weighted by molar-refractivity contribution is 0.629. The first-order chi connectivity index (χ1) is 8.04. The van der Waals surface area contributed by atoms with Gasteiger partial charge in [0, 0.05) is 34.9 Å². The summed E-state index contributed by atoms with van der Waals surface area (Å²) in [5, 5.41) is 3.91. The summed E-state index contributed by atoms with van der Waals surface area (Å²) in [5.41, 5.74) is 0.655. The van der Waals surface area contributed by atoms with Gasteiger partial charge in [-0.25, -0.2) is 9.37 Å². The van der Waals surface area contributed by atoms with Crippen molar-refractivity contribution in [3.8, 4) is 0 Å². The predicted octanol–water partition coefficient (Wildman–Crippen LogP) is 2.61. The van der Waals surface area contributed by atoms with Gasteiger partial charge in [-0.05, 0) is 19.1 Å². The molecule has 0 fully saturated rings. The van der Waals surface area contributed by atoms with E-state index in [0.717, 1.165) is 9.83 Å². The topological polar surface area (TPSA) is 42.0 Å². The first kappa shape index (κ1) is 12.4. The Kier molecular flexibility index (Phi) is 3.73. The molecule has 0 aliphatic rings. The van der Waals surface area contributed by atoms with Crippen LogP contribution in [-0.2, 0) is 10.8 Å². The normalized spacial score (nSPS) is 14.8. The van der Waals surface area contributed by atoms with Gasteiger partial charge in [-0.3, -0.25) is 4.21 Å². The van der Waals surface area contributed by atoms with Crippen LogP contribution in [0.3, 0.4) is 0 Å². The van der Waals surface area contributed by atoms with Crippen molar-refractivity contribution < 1.29 is 8.60 Å². The second kappa shape index (κ2) is 5.10. The first-order valence-corrected chi connectivity index (χ1v) is 7.71. The van der Waals surface area contributed by atoms with Gasteiger partial charge in [-0.2, -0.15) is 0 Å². The molecule has 0 amide bonds. The average Bonchev–Trinajstić information content (AvgIpc) is 2.57. The number of nitrogens with one attached hydrogen (secondary N) is 1. The molecule has 2 unspecified atom stereocenters. The third-order valence-electron chi connectivity index (χ3n) is 2.20. The fraction of sp³-hybridized carbons (Fsp3) is 0.364. The summed E-state index contributed by atoms with van der Waals surface area (Å²) < 4.78 is 25.0. The van der Waals surface area contributed by atoms with Crippen molar-refractivity contribution in [1.29, 1.82) is 0 Å². The number of halogens is 1. The van der Waals surface area contributed by atoms with Crippen LogP contribution in [0.25, 0.3) is 10.2 Å². The van der Waals surface area contributed by atoms with Crippen LogP contribution in [0.15, 0.2) is 18.2 Å². The van der Waals surface area contributed by atoms with Crippen LogP contribution in [0.5, 0.6) is 0 Å². The van der Waals surface area contributed by atoms with Gasteiger partial charge in [0.05, 0.1) is 10.2 Å². The highest BCUT2D eigenvalue weighted by Crippen LogP contribution is 2.26. The minimum absolute atomic E-state index is 0.0891. The van der Waals surface area contributed by atoms with E-state index in [1.54, 1.807) is 12.3 Å². The van der Waals surface area contributed by atoms with Crippen LogP contribution in [0.4, 0.5) is 9.52 Å². The molecule has 1 aromatic carbocycles. The highest BCUT2D eigenvalue weighted by atomic mass is 32.2. The van der Waals surface area contributed by atoms with Crippen LogP contribution in [0.2, 0.25) is 0 Å². The summed E-state index contributed by atoms with van der Waals surface area (Å²) in [6.45, 7) is 1.95. The number of benzene rings is 1. The van der Waals surface area contributed by atoms with E-state index in [-0.39, 0.29) is 11.9 Å². The summed E-state index contributed by atoms with van der Waals surface area (Å²) >= 11 is 1.47. The van der Waals surface area contributed by atoms with E-state index < -0.39 is 10.8 Å². The van der Waals surface area contributed by atoms with Crippen LogP contribution in [-0.4, -0.2) is 27.2 Å². The Morgan fingerprint density at radius 3 is 3.06 bits per heavy atom. The van der Waals surface area contributed by atoms with Gasteiger partial charge in [0.2, 0.25) is 0 Å². The van der Waals surface area contributed by atoms with E-state index in [1.807, 2.05) is 6.92 Å². The molecule has 0 aliphatic carbocycles. The van der Waals surface area contributed by atoms with Crippen molar-refractivity contribution >= 4 is 37.5 Å². The van der Waals surface area contributed by atoms with E-state index in [2.05, 4.69) is 10.3 Å². The van der Waals surface area contributed by atoms with Gasteiger partial charge in [0.15, 0.2) is 5.13 Å². The molecule has 0 saturated carbocycles. The molecular formula is C11H13FN2OS2. The zero-order valence-electron chi connectivity index (χ0n) is 9.57. The van der Waals surface area contributed by atoms with Gasteiger partial charge < -0.3 is 5.32 Å². The van der Waals surface area contributed by atoms with E-state index >= 15 is 0 Å². The monoisotopic (exact) mass is 272 g/mol. The van der Waals surface area contributed by atoms with Gasteiger partial charge in [0.25, 0.3) is 0 Å². The molecule has 0 bridgehead atoms. The maximum atomic E-state index is 13.0. The van der Waals surface area contributed by atoms with E-state index in [4.69, 9.17) is 0 Å². The third kappa shape index (κ3) is 3.23. The second-order valence-corrected chi connectivity index (χ2v) is 6.43. The standard InChI is InChI=1S/C11H13FN2OS2/c1-7(6-17(2)15)13-11-14-9-5-8(12)3-4-10(9)16-11/h3-5,7H,6H2,1-2H3,(H,13,14). The highest BCUT2D eigenvalue weighted by Gasteiger charge is 2.09. The van der Waals surface area contributed by atoms with Crippen molar-refractivity contribution in [2.75, 3.05) is 17.3 Å². The molecule has 0 spiro atoms. The molecule has 0 aliphatic heterocycles. The number of fused-ring (bicyclic) bond motifs is 1. The third-order valence-corrected chi connectivity index (χ3v) is 4.14. The Balaban J connectivity index is 2.16. The summed E-state index contributed by atoms with van der Waals surface area (Å²) in [6.07, 6.45) is 1.67. The quantitative estimate of drug-likeness (QED) is 0.930. The number of thiazole rings is 1. The molecule has 0 radical (unpaired) electrons. The number of aromatic nitrogens is 1. The fourth-order valence-electron chi connectivity index (χ4n) is 1.57.